The van der Waals surface area contributed by atoms with E-state index in [2.05, 4.69) is 7.28 Å². The zero-order valence-corrected chi connectivity index (χ0v) is 5.77. The Hall–Kier alpha value is 0.0249. The lowest BCUT2D eigenvalue weighted by Crippen LogP contribution is -2.29. The number of rotatable bonds is 3. The lowest BCUT2D eigenvalue weighted by Gasteiger charge is -2.03. The summed E-state index contributed by atoms with van der Waals surface area (Å²) >= 11 is 0. The molecule has 0 aromatic carbocycles. The molecular formula is C7H13BN. The summed E-state index contributed by atoms with van der Waals surface area (Å²) in [5.74, 6) is 1.02. The normalized spacial score (nSPS) is 29.9. The summed E-state index contributed by atoms with van der Waals surface area (Å²) in [4.78, 5) is 0. The predicted molar refractivity (Wildman–Crippen MR) is 39.4 cm³/mol. The summed E-state index contributed by atoms with van der Waals surface area (Å²) in [5.41, 5.74) is 6.06. The Morgan fingerprint density at radius 2 is 2.11 bits per heavy atom. The molecule has 2 aliphatic carbocycles. The molecule has 0 aromatic heterocycles. The van der Waals surface area contributed by atoms with E-state index >= 15 is 0 Å². The van der Waals surface area contributed by atoms with E-state index in [0.717, 1.165) is 5.92 Å². The minimum absolute atomic E-state index is 0.197. The SMILES string of the molecule is NC1([B]CC2CC2)CC1. The Balaban J connectivity index is 1.65. The van der Waals surface area contributed by atoms with Gasteiger partial charge in [0.05, 0.1) is 0 Å². The van der Waals surface area contributed by atoms with E-state index in [1.807, 2.05) is 0 Å². The van der Waals surface area contributed by atoms with Crippen LogP contribution in [0.5, 0.6) is 0 Å². The van der Waals surface area contributed by atoms with Crippen LogP contribution in [0, 0.1) is 5.92 Å². The van der Waals surface area contributed by atoms with Crippen LogP contribution in [0.2, 0.25) is 6.32 Å². The summed E-state index contributed by atoms with van der Waals surface area (Å²) < 4.78 is 0. The molecule has 2 fully saturated rings. The Morgan fingerprint density at radius 1 is 1.44 bits per heavy atom. The first-order chi connectivity index (χ1) is 4.29. The zero-order valence-electron chi connectivity index (χ0n) is 5.77. The largest absolute Gasteiger partial charge is 0.332 e. The van der Waals surface area contributed by atoms with E-state index in [1.54, 1.807) is 0 Å². The van der Waals surface area contributed by atoms with Gasteiger partial charge in [-0.25, -0.2) is 0 Å². The second-order valence-corrected chi connectivity index (χ2v) is 3.62. The van der Waals surface area contributed by atoms with Gasteiger partial charge in [0.15, 0.2) is 0 Å². The van der Waals surface area contributed by atoms with E-state index in [1.165, 1.54) is 32.0 Å². The first kappa shape index (κ1) is 5.78. The molecule has 0 amide bonds. The Kier molecular flexibility index (Phi) is 1.13. The van der Waals surface area contributed by atoms with Crippen LogP contribution < -0.4 is 5.73 Å². The monoisotopic (exact) mass is 122 g/mol. The van der Waals surface area contributed by atoms with Crippen molar-refractivity contribution in [1.29, 1.82) is 0 Å². The van der Waals surface area contributed by atoms with Gasteiger partial charge < -0.3 is 5.73 Å². The maximum absolute atomic E-state index is 5.87. The van der Waals surface area contributed by atoms with Crippen molar-refractivity contribution in [3.8, 4) is 0 Å². The highest BCUT2D eigenvalue weighted by Crippen LogP contribution is 2.38. The Morgan fingerprint density at radius 3 is 2.56 bits per heavy atom. The molecule has 49 valence electrons. The van der Waals surface area contributed by atoms with E-state index in [-0.39, 0.29) is 5.44 Å². The van der Waals surface area contributed by atoms with Crippen molar-refractivity contribution in [1.82, 2.24) is 0 Å². The van der Waals surface area contributed by atoms with Gasteiger partial charge in [0.2, 0.25) is 0 Å². The minimum atomic E-state index is 0.197. The number of hydrogen-bond acceptors (Lipinski definition) is 1. The second kappa shape index (κ2) is 1.75. The maximum atomic E-state index is 5.87. The highest BCUT2D eigenvalue weighted by atomic mass is 14.8. The van der Waals surface area contributed by atoms with Crippen LogP contribution in [0.15, 0.2) is 0 Å². The average Bonchev–Trinajstić information content (AvgIpc) is 2.58. The second-order valence-electron chi connectivity index (χ2n) is 3.62. The van der Waals surface area contributed by atoms with Crippen LogP contribution in [0.1, 0.15) is 25.7 Å². The molecule has 0 spiro atoms. The van der Waals surface area contributed by atoms with Crippen LogP contribution in [-0.4, -0.2) is 12.7 Å². The third kappa shape index (κ3) is 1.48. The maximum Gasteiger partial charge on any atom is 0.137 e. The molecule has 0 aromatic rings. The van der Waals surface area contributed by atoms with Gasteiger partial charge in [0.25, 0.3) is 0 Å². The molecule has 0 aliphatic heterocycles. The fraction of sp³-hybridized carbons (Fsp3) is 1.00. The molecular weight excluding hydrogens is 109 g/mol. The van der Waals surface area contributed by atoms with Gasteiger partial charge in [0, 0.05) is 0 Å². The van der Waals surface area contributed by atoms with Gasteiger partial charge in [0.1, 0.15) is 7.28 Å². The molecule has 9 heavy (non-hydrogen) atoms. The van der Waals surface area contributed by atoms with E-state index in [9.17, 15) is 0 Å². The Labute approximate surface area is 57.2 Å². The summed E-state index contributed by atoms with van der Waals surface area (Å²) in [6, 6.07) is 0. The number of nitrogens with two attached hydrogens (primary N) is 1. The van der Waals surface area contributed by atoms with Crippen molar-refractivity contribution in [2.45, 2.75) is 37.4 Å². The van der Waals surface area contributed by atoms with Gasteiger partial charge in [-0.15, -0.1) is 0 Å². The van der Waals surface area contributed by atoms with Crippen molar-refractivity contribution in [2.24, 2.45) is 11.7 Å². The van der Waals surface area contributed by atoms with E-state index in [0.29, 0.717) is 0 Å². The quantitative estimate of drug-likeness (QED) is 0.554. The highest BCUT2D eigenvalue weighted by Gasteiger charge is 2.39. The fourth-order valence-corrected chi connectivity index (χ4v) is 1.10. The summed E-state index contributed by atoms with van der Waals surface area (Å²) in [7, 11) is 2.34. The smallest absolute Gasteiger partial charge is 0.137 e. The Bertz CT molecular complexity index is 116. The van der Waals surface area contributed by atoms with Crippen LogP contribution in [0.25, 0.3) is 0 Å². The standard InChI is InChI=1S/C7H13BN/c9-7(3-4-7)8-5-6-1-2-6/h6H,1-5,9H2. The van der Waals surface area contributed by atoms with E-state index < -0.39 is 0 Å². The lowest BCUT2D eigenvalue weighted by molar-refractivity contribution is 0.892. The van der Waals surface area contributed by atoms with Crippen LogP contribution in [-0.2, 0) is 0 Å². The molecule has 2 saturated carbocycles. The molecule has 0 atom stereocenters. The molecule has 0 saturated heterocycles. The summed E-state index contributed by atoms with van der Waals surface area (Å²) in [6.45, 7) is 0. The lowest BCUT2D eigenvalue weighted by atomic mass is 9.63. The third-order valence-electron chi connectivity index (χ3n) is 2.38. The molecule has 2 aliphatic rings. The molecule has 0 unspecified atom stereocenters. The molecule has 2 rings (SSSR count). The van der Waals surface area contributed by atoms with Crippen molar-refractivity contribution in [3.05, 3.63) is 0 Å². The molecule has 2 N–H and O–H groups in total. The summed E-state index contributed by atoms with van der Waals surface area (Å²) in [5, 5.41) is 0. The van der Waals surface area contributed by atoms with Gasteiger partial charge in [-0.3, -0.25) is 0 Å². The van der Waals surface area contributed by atoms with Crippen LogP contribution >= 0.6 is 0 Å². The fourth-order valence-electron chi connectivity index (χ4n) is 1.10. The first-order valence-corrected chi connectivity index (χ1v) is 3.92. The molecule has 0 heterocycles. The van der Waals surface area contributed by atoms with Gasteiger partial charge >= 0.3 is 0 Å². The average molecular weight is 122 g/mol. The molecule has 0 bridgehead atoms. The molecule has 1 nitrogen and oxygen atoms in total. The van der Waals surface area contributed by atoms with Crippen LogP contribution in [0.3, 0.4) is 0 Å². The molecule has 1 radical (unpaired) electrons. The van der Waals surface area contributed by atoms with Crippen molar-refractivity contribution in [3.63, 3.8) is 0 Å². The topological polar surface area (TPSA) is 26.0 Å². The van der Waals surface area contributed by atoms with Gasteiger partial charge in [-0.05, 0) is 24.2 Å². The van der Waals surface area contributed by atoms with Gasteiger partial charge in [-0.2, -0.15) is 0 Å². The predicted octanol–water partition coefficient (Wildman–Crippen LogP) is 0.968. The van der Waals surface area contributed by atoms with Crippen molar-refractivity contribution in [2.75, 3.05) is 0 Å². The van der Waals surface area contributed by atoms with Crippen molar-refractivity contribution < 1.29 is 0 Å². The first-order valence-electron chi connectivity index (χ1n) is 3.92. The zero-order chi connectivity index (χ0) is 6.32. The minimum Gasteiger partial charge on any atom is -0.332 e. The van der Waals surface area contributed by atoms with Crippen LogP contribution in [0.4, 0.5) is 0 Å². The highest BCUT2D eigenvalue weighted by molar-refractivity contribution is 6.41. The van der Waals surface area contributed by atoms with Crippen molar-refractivity contribution >= 4 is 7.28 Å². The number of hydrogen-bond donors (Lipinski definition) is 1. The summed E-state index contributed by atoms with van der Waals surface area (Å²) in [6.07, 6.45) is 6.66. The third-order valence-corrected chi connectivity index (χ3v) is 2.38. The van der Waals surface area contributed by atoms with E-state index in [4.69, 9.17) is 5.73 Å². The van der Waals surface area contributed by atoms with Gasteiger partial charge in [-0.1, -0.05) is 19.2 Å². The molecule has 2 heteroatoms.